The maximum absolute atomic E-state index is 5.71. The molecular weight excluding hydrogens is 320 g/mol. The van der Waals surface area contributed by atoms with Crippen LogP contribution in [-0.4, -0.2) is 30.5 Å². The molecule has 0 atom stereocenters. The van der Waals surface area contributed by atoms with Crippen LogP contribution in [-0.2, 0) is 0 Å². The number of ether oxygens (including phenoxy) is 3. The van der Waals surface area contributed by atoms with Gasteiger partial charge in [0.2, 0.25) is 11.7 Å². The van der Waals surface area contributed by atoms with Gasteiger partial charge in [0.1, 0.15) is 17.2 Å². The molecule has 6 nitrogen and oxygen atoms in total. The first-order chi connectivity index (χ1) is 12.2. The monoisotopic (exact) mass is 340 g/mol. The Balaban J connectivity index is 1.40. The largest absolute Gasteiger partial charge is 0.497 e. The van der Waals surface area contributed by atoms with E-state index in [4.69, 9.17) is 18.7 Å². The molecule has 2 aromatic carbocycles. The first kappa shape index (κ1) is 16.8. The molecular formula is C19H20N2O4. The minimum absolute atomic E-state index is 0.548. The third kappa shape index (κ3) is 4.73. The van der Waals surface area contributed by atoms with Gasteiger partial charge in [-0.15, -0.1) is 0 Å². The highest BCUT2D eigenvalue weighted by atomic mass is 16.5. The minimum Gasteiger partial charge on any atom is -0.497 e. The van der Waals surface area contributed by atoms with Crippen LogP contribution < -0.4 is 14.2 Å². The fraction of sp³-hybridized carbons (Fsp3) is 0.263. The molecule has 0 aliphatic rings. The first-order valence-corrected chi connectivity index (χ1v) is 8.05. The topological polar surface area (TPSA) is 66.6 Å². The number of benzene rings is 2. The number of rotatable bonds is 8. The molecule has 0 bridgehead atoms. The Morgan fingerprint density at radius 3 is 1.92 bits per heavy atom. The molecule has 0 aliphatic carbocycles. The molecule has 0 spiro atoms. The van der Waals surface area contributed by atoms with Crippen LogP contribution in [0.25, 0.3) is 11.4 Å². The van der Waals surface area contributed by atoms with E-state index < -0.39 is 0 Å². The Kier molecular flexibility index (Phi) is 5.51. The van der Waals surface area contributed by atoms with Gasteiger partial charge in [0, 0.05) is 18.9 Å². The Hall–Kier alpha value is -3.02. The van der Waals surface area contributed by atoms with E-state index in [0.29, 0.717) is 24.9 Å². The fourth-order valence-corrected chi connectivity index (χ4v) is 2.23. The molecule has 0 saturated heterocycles. The highest BCUT2D eigenvalue weighted by Crippen LogP contribution is 2.20. The molecule has 3 aromatic rings. The third-order valence-electron chi connectivity index (χ3n) is 3.53. The van der Waals surface area contributed by atoms with Crippen molar-refractivity contribution in [3.63, 3.8) is 0 Å². The molecule has 6 heteroatoms. The predicted molar refractivity (Wildman–Crippen MR) is 93.1 cm³/mol. The molecule has 0 N–H and O–H groups in total. The number of hydrogen-bond acceptors (Lipinski definition) is 6. The summed E-state index contributed by atoms with van der Waals surface area (Å²) in [6.45, 7) is 2.94. The second kappa shape index (κ2) is 8.19. The Morgan fingerprint density at radius 2 is 1.40 bits per heavy atom. The van der Waals surface area contributed by atoms with Gasteiger partial charge in [0.05, 0.1) is 20.3 Å². The lowest BCUT2D eigenvalue weighted by atomic mass is 10.2. The summed E-state index contributed by atoms with van der Waals surface area (Å²) in [5.41, 5.74) is 0.895. The molecule has 3 rings (SSSR count). The zero-order valence-electron chi connectivity index (χ0n) is 14.3. The molecule has 0 unspecified atom stereocenters. The Labute approximate surface area is 146 Å². The van der Waals surface area contributed by atoms with Crippen LogP contribution in [0.2, 0.25) is 0 Å². The maximum atomic E-state index is 5.71. The van der Waals surface area contributed by atoms with Crippen LogP contribution in [0.5, 0.6) is 17.2 Å². The molecule has 0 fully saturated rings. The smallest absolute Gasteiger partial charge is 0.223 e. The standard InChI is InChI=1S/C19H20N2O4/c1-14-20-19(21-25-14)15-4-6-17(7-5-15)23-12-3-13-24-18-10-8-16(22-2)9-11-18/h4-11H,3,12-13H2,1-2H3. The summed E-state index contributed by atoms with van der Waals surface area (Å²) in [5, 5.41) is 3.89. The molecule has 0 saturated carbocycles. The van der Waals surface area contributed by atoms with Crippen LogP contribution in [0.15, 0.2) is 53.1 Å². The van der Waals surface area contributed by atoms with Crippen molar-refractivity contribution < 1.29 is 18.7 Å². The second-order valence-corrected chi connectivity index (χ2v) is 5.39. The van der Waals surface area contributed by atoms with Gasteiger partial charge < -0.3 is 18.7 Å². The second-order valence-electron chi connectivity index (χ2n) is 5.39. The van der Waals surface area contributed by atoms with Crippen LogP contribution >= 0.6 is 0 Å². The van der Waals surface area contributed by atoms with Crippen LogP contribution in [0.3, 0.4) is 0 Å². The van der Waals surface area contributed by atoms with E-state index in [1.165, 1.54) is 0 Å². The van der Waals surface area contributed by atoms with Crippen LogP contribution in [0, 0.1) is 6.92 Å². The van der Waals surface area contributed by atoms with Crippen molar-refractivity contribution in [1.82, 2.24) is 10.1 Å². The number of methoxy groups -OCH3 is 1. The molecule has 0 amide bonds. The zero-order valence-corrected chi connectivity index (χ0v) is 14.3. The highest BCUT2D eigenvalue weighted by Gasteiger charge is 2.05. The number of aryl methyl sites for hydroxylation is 1. The molecule has 0 aliphatic heterocycles. The molecule has 1 aromatic heterocycles. The summed E-state index contributed by atoms with van der Waals surface area (Å²) in [7, 11) is 1.64. The van der Waals surface area contributed by atoms with Crippen molar-refractivity contribution in [1.29, 1.82) is 0 Å². The van der Waals surface area contributed by atoms with Gasteiger partial charge >= 0.3 is 0 Å². The van der Waals surface area contributed by atoms with E-state index in [-0.39, 0.29) is 0 Å². The highest BCUT2D eigenvalue weighted by molar-refractivity contribution is 5.55. The van der Waals surface area contributed by atoms with Gasteiger partial charge in [0.25, 0.3) is 0 Å². The summed E-state index contributed by atoms with van der Waals surface area (Å²) >= 11 is 0. The fourth-order valence-electron chi connectivity index (χ4n) is 2.23. The summed E-state index contributed by atoms with van der Waals surface area (Å²) in [6, 6.07) is 15.1. The van der Waals surface area contributed by atoms with Crippen molar-refractivity contribution >= 4 is 0 Å². The van der Waals surface area contributed by atoms with E-state index in [0.717, 1.165) is 29.2 Å². The molecule has 1 heterocycles. The first-order valence-electron chi connectivity index (χ1n) is 8.05. The van der Waals surface area contributed by atoms with Gasteiger partial charge in [-0.25, -0.2) is 0 Å². The van der Waals surface area contributed by atoms with Crippen molar-refractivity contribution in [2.24, 2.45) is 0 Å². The number of aromatic nitrogens is 2. The number of nitrogens with zero attached hydrogens (tertiary/aromatic N) is 2. The van der Waals surface area contributed by atoms with E-state index >= 15 is 0 Å². The summed E-state index contributed by atoms with van der Waals surface area (Å²) in [6.07, 6.45) is 0.790. The Morgan fingerprint density at radius 1 is 0.840 bits per heavy atom. The van der Waals surface area contributed by atoms with E-state index in [1.807, 2.05) is 48.5 Å². The van der Waals surface area contributed by atoms with Crippen LogP contribution in [0.1, 0.15) is 12.3 Å². The van der Waals surface area contributed by atoms with E-state index in [9.17, 15) is 0 Å². The van der Waals surface area contributed by atoms with E-state index in [2.05, 4.69) is 10.1 Å². The van der Waals surface area contributed by atoms with Crippen molar-refractivity contribution in [3.8, 4) is 28.6 Å². The quantitative estimate of drug-likeness (QED) is 0.579. The van der Waals surface area contributed by atoms with Crippen LogP contribution in [0.4, 0.5) is 0 Å². The molecule has 25 heavy (non-hydrogen) atoms. The summed E-state index contributed by atoms with van der Waals surface area (Å²) in [4.78, 5) is 4.19. The third-order valence-corrected chi connectivity index (χ3v) is 3.53. The lowest BCUT2D eigenvalue weighted by molar-refractivity contribution is 0.247. The lowest BCUT2D eigenvalue weighted by Gasteiger charge is -2.08. The van der Waals surface area contributed by atoms with Gasteiger partial charge in [-0.05, 0) is 48.5 Å². The van der Waals surface area contributed by atoms with Gasteiger partial charge in [-0.3, -0.25) is 0 Å². The van der Waals surface area contributed by atoms with Gasteiger partial charge in [0.15, 0.2) is 0 Å². The SMILES string of the molecule is COc1ccc(OCCCOc2ccc(-c3noc(C)n3)cc2)cc1. The average Bonchev–Trinajstić information content (AvgIpc) is 3.09. The predicted octanol–water partition coefficient (Wildman–Crippen LogP) is 3.90. The van der Waals surface area contributed by atoms with Crippen molar-refractivity contribution in [2.75, 3.05) is 20.3 Å². The molecule has 0 radical (unpaired) electrons. The lowest BCUT2D eigenvalue weighted by Crippen LogP contribution is -2.05. The normalized spacial score (nSPS) is 10.5. The van der Waals surface area contributed by atoms with Crippen molar-refractivity contribution in [3.05, 3.63) is 54.4 Å². The maximum Gasteiger partial charge on any atom is 0.223 e. The van der Waals surface area contributed by atoms with E-state index in [1.54, 1.807) is 14.0 Å². The average molecular weight is 340 g/mol. The minimum atomic E-state index is 0.548. The summed E-state index contributed by atoms with van der Waals surface area (Å²) in [5.74, 6) is 3.56. The summed E-state index contributed by atoms with van der Waals surface area (Å²) < 4.78 is 21.5. The molecule has 130 valence electrons. The van der Waals surface area contributed by atoms with Gasteiger partial charge in [-0.1, -0.05) is 5.16 Å². The Bertz CT molecular complexity index is 782. The van der Waals surface area contributed by atoms with Crippen molar-refractivity contribution in [2.45, 2.75) is 13.3 Å². The van der Waals surface area contributed by atoms with Gasteiger partial charge in [-0.2, -0.15) is 4.98 Å². The number of hydrogen-bond donors (Lipinski definition) is 0. The zero-order chi connectivity index (χ0) is 17.5.